The summed E-state index contributed by atoms with van der Waals surface area (Å²) >= 11 is 0. The summed E-state index contributed by atoms with van der Waals surface area (Å²) in [5.41, 5.74) is 3.23. The molecular weight excluding hydrogens is 370 g/mol. The van der Waals surface area contributed by atoms with Crippen LogP contribution in [0.4, 0.5) is 11.4 Å². The van der Waals surface area contributed by atoms with Gasteiger partial charge in [0.2, 0.25) is 11.8 Å². The van der Waals surface area contributed by atoms with E-state index in [0.717, 1.165) is 16.5 Å². The molecule has 2 aromatic carbocycles. The highest BCUT2D eigenvalue weighted by molar-refractivity contribution is 6.29. The van der Waals surface area contributed by atoms with Crippen molar-refractivity contribution in [3.63, 3.8) is 0 Å². The highest BCUT2D eigenvalue weighted by atomic mass is 16.5. The van der Waals surface area contributed by atoms with Crippen molar-refractivity contribution in [2.75, 3.05) is 17.3 Å². The number of carbonyl (C=O) groups is 3. The number of ether oxygens (including phenoxy) is 1. The van der Waals surface area contributed by atoms with Crippen LogP contribution in [0, 0.1) is 0 Å². The van der Waals surface area contributed by atoms with Gasteiger partial charge >= 0.3 is 0 Å². The molecule has 3 aromatic rings. The van der Waals surface area contributed by atoms with Crippen LogP contribution >= 0.6 is 0 Å². The Balaban J connectivity index is 1.64. The molecule has 1 aromatic heterocycles. The molecule has 7 heteroatoms. The molecule has 1 saturated heterocycles. The molecule has 146 valence electrons. The van der Waals surface area contributed by atoms with E-state index >= 15 is 0 Å². The molecule has 3 amide bonds. The Morgan fingerprint density at radius 3 is 2.62 bits per heavy atom. The maximum atomic E-state index is 12.9. The zero-order chi connectivity index (χ0) is 20.5. The molecule has 2 N–H and O–H groups in total. The second kappa shape index (κ2) is 7.27. The second-order valence-corrected chi connectivity index (χ2v) is 6.76. The lowest BCUT2D eigenvalue weighted by Crippen LogP contribution is -2.28. The lowest BCUT2D eigenvalue weighted by atomic mass is 10.1. The number of carbonyl (C=O) groups excluding carboxylic acids is 3. The Bertz CT molecular complexity index is 1160. The number of nitrogens with one attached hydrogen (secondary N) is 2. The zero-order valence-electron chi connectivity index (χ0n) is 16.0. The fourth-order valence-corrected chi connectivity index (χ4v) is 3.40. The van der Waals surface area contributed by atoms with Crippen molar-refractivity contribution in [2.45, 2.75) is 13.3 Å². The van der Waals surface area contributed by atoms with Gasteiger partial charge in [-0.25, -0.2) is 4.90 Å². The summed E-state index contributed by atoms with van der Waals surface area (Å²) in [5, 5.41) is 3.57. The topological polar surface area (TPSA) is 91.5 Å². The van der Waals surface area contributed by atoms with E-state index in [4.69, 9.17) is 4.74 Å². The summed E-state index contributed by atoms with van der Waals surface area (Å²) in [4.78, 5) is 40.9. The molecular formula is C22H19N3O4. The van der Waals surface area contributed by atoms with Gasteiger partial charge in [0.1, 0.15) is 5.75 Å². The van der Waals surface area contributed by atoms with E-state index < -0.39 is 0 Å². The van der Waals surface area contributed by atoms with Crippen LogP contribution in [0.3, 0.4) is 0 Å². The number of H-pyrrole nitrogens is 1. The number of rotatable bonds is 4. The van der Waals surface area contributed by atoms with E-state index in [1.807, 2.05) is 18.2 Å². The molecule has 1 aliphatic rings. The van der Waals surface area contributed by atoms with E-state index in [0.29, 0.717) is 22.7 Å². The van der Waals surface area contributed by atoms with Gasteiger partial charge < -0.3 is 15.0 Å². The third-order valence-electron chi connectivity index (χ3n) is 4.77. The summed E-state index contributed by atoms with van der Waals surface area (Å²) in [6, 6.07) is 12.2. The minimum atomic E-state index is -0.348. The number of fused-ring (bicyclic) bond motifs is 1. The summed E-state index contributed by atoms with van der Waals surface area (Å²) in [5.74, 6) is -0.108. The van der Waals surface area contributed by atoms with Crippen LogP contribution in [0.2, 0.25) is 0 Å². The van der Waals surface area contributed by atoms with Crippen molar-refractivity contribution in [1.82, 2.24) is 4.98 Å². The fraction of sp³-hybridized carbons (Fsp3) is 0.136. The minimum absolute atomic E-state index is 0.0307. The number of methoxy groups -OCH3 is 1. The lowest BCUT2D eigenvalue weighted by molar-refractivity contribution is -0.120. The summed E-state index contributed by atoms with van der Waals surface area (Å²) in [7, 11) is 1.60. The van der Waals surface area contributed by atoms with Crippen molar-refractivity contribution in [2.24, 2.45) is 0 Å². The number of aromatic amines is 1. The Morgan fingerprint density at radius 1 is 1.17 bits per heavy atom. The Hall–Kier alpha value is -3.87. The lowest BCUT2D eigenvalue weighted by Gasteiger charge is -2.14. The summed E-state index contributed by atoms with van der Waals surface area (Å²) in [6.45, 7) is 1.42. The first-order chi connectivity index (χ1) is 14.0. The average Bonchev–Trinajstić information content (AvgIpc) is 3.22. The molecule has 2 heterocycles. The Morgan fingerprint density at radius 2 is 1.93 bits per heavy atom. The number of amides is 3. The van der Waals surface area contributed by atoms with Gasteiger partial charge in [0.15, 0.2) is 0 Å². The molecule has 0 spiro atoms. The Labute approximate surface area is 167 Å². The van der Waals surface area contributed by atoms with Gasteiger partial charge in [0.05, 0.1) is 19.2 Å². The monoisotopic (exact) mass is 389 g/mol. The zero-order valence-corrected chi connectivity index (χ0v) is 16.0. The molecule has 0 aliphatic carbocycles. The molecule has 1 fully saturated rings. The number of benzene rings is 2. The van der Waals surface area contributed by atoms with Crippen LogP contribution in [-0.2, 0) is 14.4 Å². The molecule has 4 rings (SSSR count). The van der Waals surface area contributed by atoms with Crippen LogP contribution < -0.4 is 15.0 Å². The first kappa shape index (κ1) is 18.5. The number of hydrogen-bond donors (Lipinski definition) is 2. The molecule has 1 aliphatic heterocycles. The molecule has 0 saturated carbocycles. The van der Waals surface area contributed by atoms with E-state index in [2.05, 4.69) is 10.3 Å². The van der Waals surface area contributed by atoms with Crippen molar-refractivity contribution < 1.29 is 19.1 Å². The standard InChI is InChI=1S/C22H19N3O4/c1-13(26)24-16-3-5-17(6-4-16)25-21(27)10-14(22(25)28)9-15-12-23-20-8-7-18(29-2)11-19(15)20/h3-9,11-12,23H,10H2,1-2H3,(H,24,26)/b14-9-. The largest absolute Gasteiger partial charge is 0.497 e. The average molecular weight is 389 g/mol. The first-order valence-electron chi connectivity index (χ1n) is 9.07. The number of anilines is 2. The quantitative estimate of drug-likeness (QED) is 0.528. The normalized spacial score (nSPS) is 15.4. The smallest absolute Gasteiger partial charge is 0.261 e. The van der Waals surface area contributed by atoms with Gasteiger partial charge in [-0.3, -0.25) is 14.4 Å². The highest BCUT2D eigenvalue weighted by Crippen LogP contribution is 2.31. The van der Waals surface area contributed by atoms with Crippen molar-refractivity contribution in [3.8, 4) is 5.75 Å². The van der Waals surface area contributed by atoms with Crippen LogP contribution in [-0.4, -0.2) is 29.8 Å². The maximum absolute atomic E-state index is 12.9. The molecule has 0 unspecified atom stereocenters. The Kier molecular flexibility index (Phi) is 4.64. The minimum Gasteiger partial charge on any atom is -0.497 e. The molecule has 7 nitrogen and oxygen atoms in total. The van der Waals surface area contributed by atoms with Crippen LogP contribution in [0.25, 0.3) is 17.0 Å². The summed E-state index contributed by atoms with van der Waals surface area (Å²) < 4.78 is 5.27. The SMILES string of the molecule is COc1ccc2[nH]cc(/C=C3/CC(=O)N(c4ccc(NC(C)=O)cc4)C3=O)c2c1. The van der Waals surface area contributed by atoms with Crippen LogP contribution in [0.1, 0.15) is 18.9 Å². The molecule has 29 heavy (non-hydrogen) atoms. The van der Waals surface area contributed by atoms with Gasteiger partial charge in [-0.15, -0.1) is 0 Å². The molecule has 0 atom stereocenters. The fourth-order valence-electron chi connectivity index (χ4n) is 3.40. The number of hydrogen-bond acceptors (Lipinski definition) is 4. The second-order valence-electron chi connectivity index (χ2n) is 6.76. The van der Waals surface area contributed by atoms with E-state index in [1.54, 1.807) is 43.6 Å². The number of nitrogens with zero attached hydrogens (tertiary/aromatic N) is 1. The summed E-state index contributed by atoms with van der Waals surface area (Å²) in [6.07, 6.45) is 3.58. The third-order valence-corrected chi connectivity index (χ3v) is 4.77. The predicted octanol–water partition coefficient (Wildman–Crippen LogP) is 3.48. The van der Waals surface area contributed by atoms with E-state index in [9.17, 15) is 14.4 Å². The number of aromatic nitrogens is 1. The van der Waals surface area contributed by atoms with Crippen molar-refractivity contribution in [3.05, 3.63) is 59.8 Å². The van der Waals surface area contributed by atoms with Gasteiger partial charge in [0, 0.05) is 40.8 Å². The van der Waals surface area contributed by atoms with Gasteiger partial charge in [-0.05, 0) is 48.5 Å². The van der Waals surface area contributed by atoms with Crippen molar-refractivity contribution >= 4 is 46.1 Å². The van der Waals surface area contributed by atoms with Gasteiger partial charge in [-0.1, -0.05) is 0 Å². The van der Waals surface area contributed by atoms with Crippen LogP contribution in [0.5, 0.6) is 5.75 Å². The van der Waals surface area contributed by atoms with Crippen LogP contribution in [0.15, 0.2) is 54.2 Å². The highest BCUT2D eigenvalue weighted by Gasteiger charge is 2.35. The van der Waals surface area contributed by atoms with E-state index in [1.165, 1.54) is 11.8 Å². The first-order valence-corrected chi connectivity index (χ1v) is 9.07. The van der Waals surface area contributed by atoms with Gasteiger partial charge in [-0.2, -0.15) is 0 Å². The van der Waals surface area contributed by atoms with Crippen molar-refractivity contribution in [1.29, 1.82) is 0 Å². The maximum Gasteiger partial charge on any atom is 0.261 e. The number of imide groups is 1. The van der Waals surface area contributed by atoms with Gasteiger partial charge in [0.25, 0.3) is 5.91 Å². The third kappa shape index (κ3) is 3.50. The molecule has 0 radical (unpaired) electrons. The van der Waals surface area contributed by atoms with E-state index in [-0.39, 0.29) is 24.1 Å². The predicted molar refractivity (Wildman–Crippen MR) is 111 cm³/mol. The molecule has 0 bridgehead atoms.